The van der Waals surface area contributed by atoms with Gasteiger partial charge in [0.05, 0.1) is 0 Å². The average molecular weight is 180 g/mol. The van der Waals surface area contributed by atoms with Crippen molar-refractivity contribution in [1.82, 2.24) is 0 Å². The maximum atomic E-state index is 11.4. The first-order chi connectivity index (χ1) is 5.02. The summed E-state index contributed by atoms with van der Waals surface area (Å²) >= 11 is 0. The van der Waals surface area contributed by atoms with Crippen LogP contribution in [0.2, 0.25) is 0 Å². The smallest absolute Gasteiger partial charge is 0.210 e. The lowest BCUT2D eigenvalue weighted by atomic mass is 10.9. The topological polar surface area (TPSA) is 35.5 Å². The minimum Gasteiger partial charge on any atom is -0.346 e. The molecule has 3 nitrogen and oxygen atoms in total. The molecular weight excluding hydrogens is 163 g/mol. The predicted octanol–water partition coefficient (Wildman–Crippen LogP) is 1.97. The minimum atomic E-state index is -2.25. The fourth-order valence-electron chi connectivity index (χ4n) is 0.692. The molecule has 0 aliphatic rings. The van der Waals surface area contributed by atoms with Crippen molar-refractivity contribution in [2.24, 2.45) is 0 Å². The van der Waals surface area contributed by atoms with Crippen LogP contribution in [0.4, 0.5) is 0 Å². The van der Waals surface area contributed by atoms with Gasteiger partial charge in [0.25, 0.3) is 0 Å². The Bertz CT molecular complexity index is 135. The van der Waals surface area contributed by atoms with E-state index in [4.69, 9.17) is 9.47 Å². The summed E-state index contributed by atoms with van der Waals surface area (Å²) in [5.74, 6) is 0. The molecule has 0 saturated heterocycles. The van der Waals surface area contributed by atoms with E-state index in [1.807, 2.05) is 13.8 Å². The molecule has 0 fully saturated rings. The van der Waals surface area contributed by atoms with E-state index in [-0.39, 0.29) is 0 Å². The largest absolute Gasteiger partial charge is 0.346 e. The molecule has 0 aromatic heterocycles. The maximum absolute atomic E-state index is 11.4. The first kappa shape index (κ1) is 11.2. The summed E-state index contributed by atoms with van der Waals surface area (Å²) in [7, 11) is -2.25. The molecule has 4 heteroatoms. The maximum Gasteiger partial charge on any atom is 0.210 e. The zero-order valence-corrected chi connectivity index (χ0v) is 8.56. The molecule has 0 radical (unpaired) electrons. The van der Waals surface area contributed by atoms with Crippen LogP contribution < -0.4 is 0 Å². The monoisotopic (exact) mass is 180 g/mol. The molecule has 0 amide bonds. The van der Waals surface area contributed by atoms with E-state index in [1.54, 1.807) is 13.3 Å². The summed E-state index contributed by atoms with van der Waals surface area (Å²) in [6.45, 7) is 8.14. The standard InChI is InChI=1S/C7H17O3P/c1-5-9-7(10-6-2)11(3,4)8/h7H,5-6H2,1-4H3. The second kappa shape index (κ2) is 4.91. The van der Waals surface area contributed by atoms with Crippen LogP contribution in [-0.4, -0.2) is 32.6 Å². The van der Waals surface area contributed by atoms with Crippen molar-refractivity contribution in [2.75, 3.05) is 26.5 Å². The average Bonchev–Trinajstić information content (AvgIpc) is 1.85. The van der Waals surface area contributed by atoms with Gasteiger partial charge in [-0.3, -0.25) is 0 Å². The van der Waals surface area contributed by atoms with Gasteiger partial charge in [0, 0.05) is 13.2 Å². The van der Waals surface area contributed by atoms with Crippen molar-refractivity contribution in [3.05, 3.63) is 0 Å². The lowest BCUT2D eigenvalue weighted by Crippen LogP contribution is -2.16. The van der Waals surface area contributed by atoms with E-state index in [2.05, 4.69) is 0 Å². The Morgan fingerprint density at radius 1 is 1.18 bits per heavy atom. The van der Waals surface area contributed by atoms with Crippen LogP contribution in [-0.2, 0) is 14.0 Å². The molecule has 0 aromatic rings. The Labute approximate surface area is 68.4 Å². The van der Waals surface area contributed by atoms with Crippen molar-refractivity contribution in [3.8, 4) is 0 Å². The van der Waals surface area contributed by atoms with Crippen LogP contribution in [0.25, 0.3) is 0 Å². The van der Waals surface area contributed by atoms with Gasteiger partial charge in [-0.15, -0.1) is 0 Å². The van der Waals surface area contributed by atoms with Crippen molar-refractivity contribution in [3.63, 3.8) is 0 Å². The van der Waals surface area contributed by atoms with Crippen LogP contribution in [0.3, 0.4) is 0 Å². The summed E-state index contributed by atoms with van der Waals surface area (Å²) in [5.41, 5.74) is 0. The summed E-state index contributed by atoms with van der Waals surface area (Å²) in [6.07, 6.45) is 0. The van der Waals surface area contributed by atoms with Gasteiger partial charge in [0.2, 0.25) is 6.03 Å². The van der Waals surface area contributed by atoms with E-state index < -0.39 is 13.2 Å². The Morgan fingerprint density at radius 3 is 1.73 bits per heavy atom. The molecule has 0 rings (SSSR count). The van der Waals surface area contributed by atoms with Crippen LogP contribution in [0, 0.1) is 0 Å². The van der Waals surface area contributed by atoms with Crippen molar-refractivity contribution < 1.29 is 14.0 Å². The van der Waals surface area contributed by atoms with Crippen LogP contribution >= 0.6 is 7.14 Å². The third-order valence-corrected chi connectivity index (χ3v) is 2.44. The highest BCUT2D eigenvalue weighted by Crippen LogP contribution is 2.43. The normalized spacial score (nSPS) is 12.5. The highest BCUT2D eigenvalue weighted by molar-refractivity contribution is 7.62. The predicted molar refractivity (Wildman–Crippen MR) is 46.5 cm³/mol. The van der Waals surface area contributed by atoms with Gasteiger partial charge in [-0.25, -0.2) is 0 Å². The molecule has 0 heterocycles. The van der Waals surface area contributed by atoms with E-state index in [1.165, 1.54) is 0 Å². The van der Waals surface area contributed by atoms with Gasteiger partial charge in [-0.05, 0) is 27.2 Å². The highest BCUT2D eigenvalue weighted by atomic mass is 31.2. The summed E-state index contributed by atoms with van der Waals surface area (Å²) in [6, 6.07) is -0.516. The molecule has 68 valence electrons. The zero-order chi connectivity index (χ0) is 8.91. The summed E-state index contributed by atoms with van der Waals surface area (Å²) in [5, 5.41) is 0. The minimum absolute atomic E-state index is 0.516. The SMILES string of the molecule is CCOC(OCC)P(C)(C)=O. The third-order valence-electron chi connectivity index (χ3n) is 1.13. The van der Waals surface area contributed by atoms with Gasteiger partial charge >= 0.3 is 0 Å². The summed E-state index contributed by atoms with van der Waals surface area (Å²) in [4.78, 5) is 0. The first-order valence-corrected chi connectivity index (χ1v) is 6.47. The molecule has 0 aromatic carbocycles. The number of hydrogen-bond acceptors (Lipinski definition) is 3. The van der Waals surface area contributed by atoms with E-state index >= 15 is 0 Å². The van der Waals surface area contributed by atoms with Crippen LogP contribution in [0.15, 0.2) is 0 Å². The second-order valence-corrected chi connectivity index (χ2v) is 5.94. The van der Waals surface area contributed by atoms with E-state index in [0.717, 1.165) is 0 Å². The van der Waals surface area contributed by atoms with Crippen LogP contribution in [0.1, 0.15) is 13.8 Å². The fourth-order valence-corrected chi connectivity index (χ4v) is 1.71. The zero-order valence-electron chi connectivity index (χ0n) is 7.66. The first-order valence-electron chi connectivity index (χ1n) is 3.80. The number of rotatable bonds is 5. The van der Waals surface area contributed by atoms with Gasteiger partial charge in [0.1, 0.15) is 7.14 Å². The Kier molecular flexibility index (Phi) is 4.98. The van der Waals surface area contributed by atoms with Crippen molar-refractivity contribution >= 4 is 7.14 Å². The van der Waals surface area contributed by atoms with Gasteiger partial charge in [-0.1, -0.05) is 0 Å². The number of hydrogen-bond donors (Lipinski definition) is 0. The molecule has 0 spiro atoms. The van der Waals surface area contributed by atoms with E-state index in [9.17, 15) is 4.57 Å². The third kappa shape index (κ3) is 4.57. The van der Waals surface area contributed by atoms with Crippen LogP contribution in [0.5, 0.6) is 0 Å². The molecular formula is C7H17O3P. The van der Waals surface area contributed by atoms with Gasteiger partial charge in [-0.2, -0.15) is 0 Å². The molecule has 0 aliphatic carbocycles. The molecule has 11 heavy (non-hydrogen) atoms. The Morgan fingerprint density at radius 2 is 1.55 bits per heavy atom. The summed E-state index contributed by atoms with van der Waals surface area (Å²) < 4.78 is 21.8. The highest BCUT2D eigenvalue weighted by Gasteiger charge is 2.23. The second-order valence-electron chi connectivity index (χ2n) is 2.65. The molecule has 0 unspecified atom stereocenters. The Balaban J connectivity index is 3.99. The Hall–Kier alpha value is 0.150. The van der Waals surface area contributed by atoms with Gasteiger partial charge in [0.15, 0.2) is 0 Å². The van der Waals surface area contributed by atoms with Crippen molar-refractivity contribution in [1.29, 1.82) is 0 Å². The number of ether oxygens (including phenoxy) is 2. The molecule has 0 bridgehead atoms. The quantitative estimate of drug-likeness (QED) is 0.479. The lowest BCUT2D eigenvalue weighted by Gasteiger charge is -2.20. The van der Waals surface area contributed by atoms with E-state index in [0.29, 0.717) is 13.2 Å². The van der Waals surface area contributed by atoms with Gasteiger partial charge < -0.3 is 14.0 Å². The lowest BCUT2D eigenvalue weighted by molar-refractivity contribution is -0.0813. The molecule has 0 aliphatic heterocycles. The van der Waals surface area contributed by atoms with Crippen molar-refractivity contribution in [2.45, 2.75) is 19.9 Å². The molecule has 0 N–H and O–H groups in total. The molecule has 0 atom stereocenters. The molecule has 0 saturated carbocycles. The fraction of sp³-hybridized carbons (Fsp3) is 1.00.